The van der Waals surface area contributed by atoms with Crippen molar-refractivity contribution < 1.29 is 13.2 Å². The van der Waals surface area contributed by atoms with Gasteiger partial charge in [0.15, 0.2) is 0 Å². The van der Waals surface area contributed by atoms with E-state index in [1.807, 2.05) is 0 Å². The first kappa shape index (κ1) is 13.7. The van der Waals surface area contributed by atoms with Crippen molar-refractivity contribution in [2.45, 2.75) is 15.0 Å². The maximum absolute atomic E-state index is 12.0. The minimum absolute atomic E-state index is 0.268. The summed E-state index contributed by atoms with van der Waals surface area (Å²) < 4.78 is 30.3. The van der Waals surface area contributed by atoms with Gasteiger partial charge in [0.2, 0.25) is 10.0 Å². The van der Waals surface area contributed by atoms with Crippen LogP contribution in [0.2, 0.25) is 0 Å². The molecule has 0 atom stereocenters. The van der Waals surface area contributed by atoms with Crippen LogP contribution in [0.5, 0.6) is 0 Å². The molecule has 1 saturated heterocycles. The van der Waals surface area contributed by atoms with Crippen molar-refractivity contribution >= 4 is 27.5 Å². The van der Waals surface area contributed by atoms with E-state index in [4.69, 9.17) is 10.5 Å². The van der Waals surface area contributed by atoms with Gasteiger partial charge in [0.25, 0.3) is 0 Å². The molecule has 0 spiro atoms. The van der Waals surface area contributed by atoms with E-state index < -0.39 is 10.0 Å². The third kappa shape index (κ3) is 2.64. The normalized spacial score (nSPS) is 16.8. The van der Waals surface area contributed by atoms with E-state index in [1.165, 1.54) is 24.5 Å². The van der Waals surface area contributed by atoms with Crippen LogP contribution >= 0.6 is 11.8 Å². The van der Waals surface area contributed by atoms with E-state index >= 15 is 0 Å². The van der Waals surface area contributed by atoms with Gasteiger partial charge in [0, 0.05) is 24.7 Å². The molecular formula is C11H16N2O3S2. The Labute approximate surface area is 111 Å². The maximum Gasteiger partial charge on any atom is 0.242 e. The van der Waals surface area contributed by atoms with Gasteiger partial charge < -0.3 is 10.5 Å². The van der Waals surface area contributed by atoms with E-state index in [9.17, 15) is 8.42 Å². The van der Waals surface area contributed by atoms with Crippen LogP contribution in [0.3, 0.4) is 0 Å². The Hall–Kier alpha value is -0.760. The second kappa shape index (κ2) is 5.08. The Morgan fingerprint density at radius 3 is 2.56 bits per heavy atom. The first-order valence-electron chi connectivity index (χ1n) is 5.47. The van der Waals surface area contributed by atoms with Crippen molar-refractivity contribution in [2.24, 2.45) is 0 Å². The quantitative estimate of drug-likeness (QED) is 0.837. The van der Waals surface area contributed by atoms with E-state index in [0.29, 0.717) is 24.2 Å². The van der Waals surface area contributed by atoms with Gasteiger partial charge in [-0.25, -0.2) is 12.7 Å². The van der Waals surface area contributed by atoms with E-state index in [0.717, 1.165) is 4.90 Å². The smallest absolute Gasteiger partial charge is 0.242 e. The molecule has 0 saturated carbocycles. The molecule has 1 aliphatic rings. The lowest BCUT2D eigenvalue weighted by atomic mass is 10.3. The minimum atomic E-state index is -3.41. The molecule has 0 bridgehead atoms. The number of ether oxygens (including phenoxy) is 1. The molecule has 1 aliphatic heterocycles. The molecule has 1 heterocycles. The van der Waals surface area contributed by atoms with Gasteiger partial charge in [-0.2, -0.15) is 0 Å². The Kier molecular flexibility index (Phi) is 3.86. The molecule has 2 N–H and O–H groups in total. The highest BCUT2D eigenvalue weighted by molar-refractivity contribution is 8.00. The number of nitrogens with zero attached hydrogens (tertiary/aromatic N) is 1. The van der Waals surface area contributed by atoms with E-state index in [-0.39, 0.29) is 4.90 Å². The molecule has 1 aromatic rings. The Morgan fingerprint density at radius 2 is 2.06 bits per heavy atom. The van der Waals surface area contributed by atoms with Crippen LogP contribution in [0.25, 0.3) is 0 Å². The van der Waals surface area contributed by atoms with E-state index in [1.54, 1.807) is 23.9 Å². The molecule has 0 amide bonds. The fraction of sp³-hybridized carbons (Fsp3) is 0.455. The Morgan fingerprint density at radius 1 is 1.39 bits per heavy atom. The molecule has 0 aliphatic carbocycles. The summed E-state index contributed by atoms with van der Waals surface area (Å²) in [5, 5.41) is 0.365. The second-order valence-electron chi connectivity index (χ2n) is 4.26. The summed E-state index contributed by atoms with van der Waals surface area (Å²) in [6.07, 6.45) is 0. The molecule has 1 aromatic carbocycles. The number of benzene rings is 1. The van der Waals surface area contributed by atoms with Crippen LogP contribution in [0.4, 0.5) is 5.69 Å². The van der Waals surface area contributed by atoms with Gasteiger partial charge in [0.05, 0.1) is 23.4 Å². The summed E-state index contributed by atoms with van der Waals surface area (Å²) in [5.74, 6) is 0. The van der Waals surface area contributed by atoms with Crippen LogP contribution in [0, 0.1) is 0 Å². The van der Waals surface area contributed by atoms with Crippen molar-refractivity contribution in [3.8, 4) is 0 Å². The number of sulfonamides is 1. The zero-order chi connectivity index (χ0) is 13.3. The first-order chi connectivity index (χ1) is 8.41. The summed E-state index contributed by atoms with van der Waals surface area (Å²) in [6, 6.07) is 4.80. The van der Waals surface area contributed by atoms with Gasteiger partial charge in [-0.1, -0.05) is 0 Å². The molecular weight excluding hydrogens is 272 g/mol. The molecule has 0 aromatic heterocycles. The van der Waals surface area contributed by atoms with Gasteiger partial charge in [-0.3, -0.25) is 0 Å². The van der Waals surface area contributed by atoms with Gasteiger partial charge in [-0.15, -0.1) is 11.8 Å². The summed E-state index contributed by atoms with van der Waals surface area (Å²) in [4.78, 5) is 1.07. The topological polar surface area (TPSA) is 72.6 Å². The molecule has 1 fully saturated rings. The number of anilines is 1. The number of hydrogen-bond donors (Lipinski definition) is 1. The van der Waals surface area contributed by atoms with Gasteiger partial charge >= 0.3 is 0 Å². The average Bonchev–Trinajstić information content (AvgIpc) is 2.25. The van der Waals surface area contributed by atoms with Gasteiger partial charge in [0.1, 0.15) is 0 Å². The molecule has 18 heavy (non-hydrogen) atoms. The third-order valence-corrected chi connectivity index (χ3v) is 5.69. The Bertz CT molecular complexity index is 539. The number of nitrogens with two attached hydrogens (primary N) is 1. The summed E-state index contributed by atoms with van der Waals surface area (Å²) in [5.41, 5.74) is 6.47. The molecule has 0 unspecified atom stereocenters. The van der Waals surface area contributed by atoms with Crippen molar-refractivity contribution in [3.05, 3.63) is 18.2 Å². The highest BCUT2D eigenvalue weighted by Gasteiger charge is 2.23. The maximum atomic E-state index is 12.0. The molecule has 7 heteroatoms. The van der Waals surface area contributed by atoms with Crippen LogP contribution < -0.4 is 5.73 Å². The standard InChI is InChI=1S/C11H16N2O3S2/c1-13(2)18(14,15)9-3-4-10(12)11(5-9)17-8-6-16-7-8/h3-5,8H,6-7,12H2,1-2H3. The monoisotopic (exact) mass is 288 g/mol. The predicted octanol–water partition coefficient (Wildman–Crippen LogP) is 1.01. The average molecular weight is 288 g/mol. The lowest BCUT2D eigenvalue weighted by Crippen LogP contribution is -2.30. The lowest BCUT2D eigenvalue weighted by Gasteiger charge is -2.25. The highest BCUT2D eigenvalue weighted by atomic mass is 32.2. The molecule has 0 radical (unpaired) electrons. The number of hydrogen-bond acceptors (Lipinski definition) is 5. The SMILES string of the molecule is CN(C)S(=O)(=O)c1ccc(N)c(SC2COC2)c1. The van der Waals surface area contributed by atoms with Crippen molar-refractivity contribution in [3.63, 3.8) is 0 Å². The summed E-state index contributed by atoms with van der Waals surface area (Å²) >= 11 is 1.57. The largest absolute Gasteiger partial charge is 0.398 e. The van der Waals surface area contributed by atoms with Crippen molar-refractivity contribution in [1.82, 2.24) is 4.31 Å². The second-order valence-corrected chi connectivity index (χ2v) is 7.76. The van der Waals surface area contributed by atoms with E-state index in [2.05, 4.69) is 0 Å². The minimum Gasteiger partial charge on any atom is -0.398 e. The van der Waals surface area contributed by atoms with Crippen LogP contribution in [0.1, 0.15) is 0 Å². The first-order valence-corrected chi connectivity index (χ1v) is 7.79. The molecule has 2 rings (SSSR count). The van der Waals surface area contributed by atoms with Crippen LogP contribution in [0.15, 0.2) is 28.0 Å². The van der Waals surface area contributed by atoms with Crippen LogP contribution in [-0.2, 0) is 14.8 Å². The van der Waals surface area contributed by atoms with Gasteiger partial charge in [-0.05, 0) is 18.2 Å². The Balaban J connectivity index is 2.31. The number of thioether (sulfide) groups is 1. The number of rotatable bonds is 4. The zero-order valence-corrected chi connectivity index (χ0v) is 11.9. The van der Waals surface area contributed by atoms with Crippen LogP contribution in [-0.4, -0.2) is 45.3 Å². The fourth-order valence-corrected chi connectivity index (χ4v) is 3.54. The molecule has 5 nitrogen and oxygen atoms in total. The van der Waals surface area contributed by atoms with Crippen molar-refractivity contribution in [1.29, 1.82) is 0 Å². The molecule has 100 valence electrons. The summed E-state index contributed by atoms with van der Waals surface area (Å²) in [7, 11) is -0.383. The van der Waals surface area contributed by atoms with Crippen molar-refractivity contribution in [2.75, 3.05) is 33.0 Å². The third-order valence-electron chi connectivity index (χ3n) is 2.66. The fourth-order valence-electron chi connectivity index (χ4n) is 1.45. The summed E-state index contributed by atoms with van der Waals surface area (Å²) in [6.45, 7) is 1.38. The highest BCUT2D eigenvalue weighted by Crippen LogP contribution is 2.34. The number of nitrogen functional groups attached to an aromatic ring is 1. The predicted molar refractivity (Wildman–Crippen MR) is 72.2 cm³/mol. The zero-order valence-electron chi connectivity index (χ0n) is 10.3. The lowest BCUT2D eigenvalue weighted by molar-refractivity contribution is 0.0455.